The molecular formula is C20H19O6V-. The van der Waals surface area contributed by atoms with Gasteiger partial charge < -0.3 is 19.3 Å². The second-order valence-electron chi connectivity index (χ2n) is 5.90. The SMILES string of the molecule is O=C(O)c1cc[c-]cc1.O=C(O[C@@H]1CO[C@@H]2CCOC21)c1ccccc1.[V]. The number of carboxylic acid groups (broad SMARTS) is 1. The van der Waals surface area contributed by atoms with Crippen LogP contribution in [0.1, 0.15) is 27.1 Å². The summed E-state index contributed by atoms with van der Waals surface area (Å²) in [6.45, 7) is 1.13. The summed E-state index contributed by atoms with van der Waals surface area (Å²) in [6, 6.07) is 17.9. The summed E-state index contributed by atoms with van der Waals surface area (Å²) >= 11 is 0. The van der Waals surface area contributed by atoms with Gasteiger partial charge in [-0.05, 0) is 24.1 Å². The number of carbonyl (C=O) groups is 2. The molecular weight excluding hydrogens is 387 g/mol. The van der Waals surface area contributed by atoms with Gasteiger partial charge in [-0.3, -0.25) is 0 Å². The Kier molecular flexibility index (Phi) is 8.07. The first kappa shape index (κ1) is 21.2. The van der Waals surface area contributed by atoms with Crippen LogP contribution < -0.4 is 0 Å². The van der Waals surface area contributed by atoms with Crippen molar-refractivity contribution in [2.45, 2.75) is 24.7 Å². The number of hydrogen-bond donors (Lipinski definition) is 1. The van der Waals surface area contributed by atoms with E-state index >= 15 is 0 Å². The van der Waals surface area contributed by atoms with E-state index in [9.17, 15) is 9.59 Å². The molecule has 1 radical (unpaired) electrons. The molecule has 0 amide bonds. The maximum atomic E-state index is 11.9. The predicted molar refractivity (Wildman–Crippen MR) is 92.0 cm³/mol. The average Bonchev–Trinajstić information content (AvgIpc) is 3.29. The molecule has 0 aliphatic carbocycles. The first-order valence-electron chi connectivity index (χ1n) is 8.34. The smallest absolute Gasteiger partial charge is 0.338 e. The van der Waals surface area contributed by atoms with Gasteiger partial charge in [0, 0.05) is 25.2 Å². The quantitative estimate of drug-likeness (QED) is 0.623. The monoisotopic (exact) mass is 406 g/mol. The summed E-state index contributed by atoms with van der Waals surface area (Å²) in [5, 5.41) is 8.37. The van der Waals surface area contributed by atoms with E-state index in [2.05, 4.69) is 6.07 Å². The minimum absolute atomic E-state index is 0. The molecule has 0 spiro atoms. The number of benzene rings is 2. The Morgan fingerprint density at radius 3 is 2.37 bits per heavy atom. The van der Waals surface area contributed by atoms with E-state index in [0.717, 1.165) is 6.42 Å². The molecule has 6 nitrogen and oxygen atoms in total. The molecule has 4 rings (SSSR count). The molecule has 2 aromatic rings. The molecule has 2 aliphatic rings. The van der Waals surface area contributed by atoms with Crippen molar-refractivity contribution in [3.63, 3.8) is 0 Å². The van der Waals surface area contributed by atoms with E-state index in [1.807, 2.05) is 18.2 Å². The van der Waals surface area contributed by atoms with Crippen molar-refractivity contribution in [2.75, 3.05) is 13.2 Å². The van der Waals surface area contributed by atoms with E-state index in [0.29, 0.717) is 24.3 Å². The van der Waals surface area contributed by atoms with Gasteiger partial charge in [-0.25, -0.2) is 9.59 Å². The Balaban J connectivity index is 0.000000224. The Labute approximate surface area is 169 Å². The molecule has 2 fully saturated rings. The second kappa shape index (κ2) is 10.3. The van der Waals surface area contributed by atoms with Crippen LogP contribution in [0.15, 0.2) is 54.6 Å². The molecule has 2 heterocycles. The Bertz CT molecular complexity index is 737. The van der Waals surface area contributed by atoms with Crippen molar-refractivity contribution in [2.24, 2.45) is 0 Å². The number of carbonyl (C=O) groups excluding carboxylic acids is 1. The molecule has 2 aliphatic heterocycles. The van der Waals surface area contributed by atoms with Crippen molar-refractivity contribution in [1.29, 1.82) is 0 Å². The van der Waals surface area contributed by atoms with E-state index in [4.69, 9.17) is 19.3 Å². The van der Waals surface area contributed by atoms with E-state index in [1.165, 1.54) is 12.1 Å². The number of aromatic carboxylic acids is 1. The normalized spacial score (nSPS) is 22.6. The van der Waals surface area contributed by atoms with Crippen LogP contribution in [-0.4, -0.2) is 48.6 Å². The standard InChI is InChI=1S/C13H14O4.C7H5O2.V/c14-13(9-4-2-1-3-5-9)17-11-8-16-10-6-7-15-12(10)11;8-7(9)6-4-2-1-3-5-6;/h1-5,10-12H,6-8H2;2-5H,(H,8,9);/q;-1;/t10-,11-,12?;;/m1../s1. The minimum atomic E-state index is -0.899. The molecule has 0 saturated carbocycles. The number of carboxylic acids is 1. The average molecular weight is 406 g/mol. The summed E-state index contributed by atoms with van der Waals surface area (Å²) < 4.78 is 16.5. The fourth-order valence-electron chi connectivity index (χ4n) is 2.84. The van der Waals surface area contributed by atoms with Gasteiger partial charge in [0.2, 0.25) is 0 Å². The first-order valence-corrected chi connectivity index (χ1v) is 8.34. The number of fused-ring (bicyclic) bond motifs is 1. The second-order valence-corrected chi connectivity index (χ2v) is 5.90. The summed E-state index contributed by atoms with van der Waals surface area (Å²) in [5.41, 5.74) is 0.864. The molecule has 27 heavy (non-hydrogen) atoms. The van der Waals surface area contributed by atoms with Gasteiger partial charge in [0.25, 0.3) is 0 Å². The van der Waals surface area contributed by atoms with Gasteiger partial charge in [-0.15, -0.1) is 0 Å². The zero-order chi connectivity index (χ0) is 18.4. The third-order valence-corrected chi connectivity index (χ3v) is 4.15. The van der Waals surface area contributed by atoms with Gasteiger partial charge in [0.1, 0.15) is 6.10 Å². The van der Waals surface area contributed by atoms with Crippen LogP contribution in [-0.2, 0) is 32.8 Å². The first-order chi connectivity index (χ1) is 12.6. The van der Waals surface area contributed by atoms with E-state index < -0.39 is 5.97 Å². The van der Waals surface area contributed by atoms with Crippen LogP contribution >= 0.6 is 0 Å². The number of rotatable bonds is 3. The van der Waals surface area contributed by atoms with Crippen molar-refractivity contribution >= 4 is 11.9 Å². The van der Waals surface area contributed by atoms with Crippen molar-refractivity contribution in [1.82, 2.24) is 0 Å². The minimum Gasteiger partial charge on any atom is -0.479 e. The van der Waals surface area contributed by atoms with Gasteiger partial charge in [-0.1, -0.05) is 18.2 Å². The Hall–Kier alpha value is -2.12. The zero-order valence-electron chi connectivity index (χ0n) is 14.5. The molecule has 1 unspecified atom stereocenters. The molecule has 0 aromatic heterocycles. The summed E-state index contributed by atoms with van der Waals surface area (Å²) in [4.78, 5) is 22.0. The van der Waals surface area contributed by atoms with Crippen LogP contribution in [0.5, 0.6) is 0 Å². The van der Waals surface area contributed by atoms with Crippen LogP contribution in [0.4, 0.5) is 0 Å². The topological polar surface area (TPSA) is 82.1 Å². The number of ether oxygens (including phenoxy) is 3. The van der Waals surface area contributed by atoms with Crippen LogP contribution in [0.2, 0.25) is 0 Å². The molecule has 3 atom stereocenters. The largest absolute Gasteiger partial charge is 0.479 e. The predicted octanol–water partition coefficient (Wildman–Crippen LogP) is 2.58. The third-order valence-electron chi connectivity index (χ3n) is 4.15. The van der Waals surface area contributed by atoms with E-state index in [-0.39, 0.29) is 42.8 Å². The molecule has 2 saturated heterocycles. The van der Waals surface area contributed by atoms with Crippen molar-refractivity contribution in [3.8, 4) is 0 Å². The maximum absolute atomic E-state index is 11.9. The molecule has 0 bridgehead atoms. The van der Waals surface area contributed by atoms with Gasteiger partial charge in [0.15, 0.2) is 6.10 Å². The number of hydrogen-bond acceptors (Lipinski definition) is 5. The van der Waals surface area contributed by atoms with Crippen LogP contribution in [0.3, 0.4) is 0 Å². The van der Waals surface area contributed by atoms with Crippen LogP contribution in [0, 0.1) is 6.07 Å². The molecule has 2 aromatic carbocycles. The number of esters is 1. The Morgan fingerprint density at radius 2 is 1.74 bits per heavy atom. The summed E-state index contributed by atoms with van der Waals surface area (Å²) in [6.07, 6.45) is 0.644. The zero-order valence-corrected chi connectivity index (χ0v) is 15.9. The van der Waals surface area contributed by atoms with Gasteiger partial charge in [0.05, 0.1) is 18.3 Å². The summed E-state index contributed by atoms with van der Waals surface area (Å²) in [7, 11) is 0. The maximum Gasteiger partial charge on any atom is 0.338 e. The molecule has 1 N–H and O–H groups in total. The van der Waals surface area contributed by atoms with Crippen molar-refractivity contribution < 1.29 is 47.5 Å². The Morgan fingerprint density at radius 1 is 1.04 bits per heavy atom. The third kappa shape index (κ3) is 5.68. The van der Waals surface area contributed by atoms with Crippen LogP contribution in [0.25, 0.3) is 0 Å². The fraction of sp³-hybridized carbons (Fsp3) is 0.300. The van der Waals surface area contributed by atoms with Gasteiger partial charge >= 0.3 is 11.9 Å². The van der Waals surface area contributed by atoms with E-state index in [1.54, 1.807) is 24.3 Å². The molecule has 141 valence electrons. The molecule has 7 heteroatoms. The van der Waals surface area contributed by atoms with Crippen molar-refractivity contribution in [3.05, 3.63) is 71.8 Å². The summed E-state index contributed by atoms with van der Waals surface area (Å²) in [5.74, 6) is -1.21. The van der Waals surface area contributed by atoms with Gasteiger partial charge in [-0.2, -0.15) is 30.3 Å². The fourth-order valence-corrected chi connectivity index (χ4v) is 2.84.